The van der Waals surface area contributed by atoms with Crippen molar-refractivity contribution in [2.45, 2.75) is 38.6 Å². The summed E-state index contributed by atoms with van der Waals surface area (Å²) in [4.78, 5) is 16.2. The lowest BCUT2D eigenvalue weighted by atomic mass is 9.89. The first-order valence-electron chi connectivity index (χ1n) is 8.29. The summed E-state index contributed by atoms with van der Waals surface area (Å²) < 4.78 is 43.6. The Hall–Kier alpha value is -2.61. The zero-order valence-corrected chi connectivity index (χ0v) is 15.2. The second-order valence-corrected chi connectivity index (χ2v) is 6.15. The molecule has 0 fully saturated rings. The third-order valence-corrected chi connectivity index (χ3v) is 4.30. The number of nitrogens with zero attached hydrogens (tertiary/aromatic N) is 1. The van der Waals surface area contributed by atoms with E-state index in [1.54, 1.807) is 31.2 Å². The van der Waals surface area contributed by atoms with Gasteiger partial charge in [-0.3, -0.25) is 4.79 Å². The number of aromatic nitrogens is 1. The van der Waals surface area contributed by atoms with Crippen LogP contribution in [-0.4, -0.2) is 23.1 Å². The Bertz CT molecular complexity index is 807. The Morgan fingerprint density at radius 3 is 2.37 bits per heavy atom. The van der Waals surface area contributed by atoms with E-state index in [1.807, 2.05) is 6.92 Å². The SMILES string of the molecule is CC[C@](O)(C(=O)NCc1cc(C(F)(F)F)cnc1OC)c1ccc(C)cc1. The van der Waals surface area contributed by atoms with E-state index in [0.29, 0.717) is 11.8 Å². The molecule has 0 aliphatic carbocycles. The summed E-state index contributed by atoms with van der Waals surface area (Å²) in [6, 6.07) is 7.69. The number of carbonyl (C=O) groups excluding carboxylic acids is 1. The first-order chi connectivity index (χ1) is 12.6. The molecule has 1 heterocycles. The number of carbonyl (C=O) groups is 1. The average molecular weight is 382 g/mol. The largest absolute Gasteiger partial charge is 0.481 e. The fourth-order valence-electron chi connectivity index (χ4n) is 2.61. The van der Waals surface area contributed by atoms with Crippen LogP contribution >= 0.6 is 0 Å². The molecular formula is C19H21F3N2O3. The van der Waals surface area contributed by atoms with E-state index in [-0.39, 0.29) is 24.4 Å². The molecule has 0 spiro atoms. The fourth-order valence-corrected chi connectivity index (χ4v) is 2.61. The molecule has 1 atom stereocenters. The molecule has 5 nitrogen and oxygen atoms in total. The highest BCUT2D eigenvalue weighted by Crippen LogP contribution is 2.31. The zero-order valence-electron chi connectivity index (χ0n) is 15.2. The molecule has 27 heavy (non-hydrogen) atoms. The van der Waals surface area contributed by atoms with Crippen LogP contribution in [0.3, 0.4) is 0 Å². The maximum Gasteiger partial charge on any atom is 0.417 e. The van der Waals surface area contributed by atoms with Crippen LogP contribution in [0.5, 0.6) is 5.88 Å². The van der Waals surface area contributed by atoms with Gasteiger partial charge in [0.25, 0.3) is 5.91 Å². The van der Waals surface area contributed by atoms with Crippen molar-refractivity contribution in [1.29, 1.82) is 0 Å². The number of amides is 1. The van der Waals surface area contributed by atoms with Gasteiger partial charge in [-0.25, -0.2) is 4.98 Å². The van der Waals surface area contributed by atoms with E-state index in [2.05, 4.69) is 10.3 Å². The van der Waals surface area contributed by atoms with Gasteiger partial charge in [-0.1, -0.05) is 36.8 Å². The number of halogens is 3. The summed E-state index contributed by atoms with van der Waals surface area (Å²) in [6.45, 7) is 3.25. The summed E-state index contributed by atoms with van der Waals surface area (Å²) >= 11 is 0. The minimum atomic E-state index is -4.57. The Balaban J connectivity index is 2.24. The maximum atomic E-state index is 12.9. The Morgan fingerprint density at radius 1 is 1.22 bits per heavy atom. The smallest absolute Gasteiger partial charge is 0.417 e. The number of alkyl halides is 3. The predicted octanol–water partition coefficient (Wildman–Crippen LogP) is 3.33. The molecule has 1 aromatic heterocycles. The van der Waals surface area contributed by atoms with Gasteiger partial charge in [-0.15, -0.1) is 0 Å². The van der Waals surface area contributed by atoms with Gasteiger partial charge in [0.05, 0.1) is 12.7 Å². The van der Waals surface area contributed by atoms with Crippen LogP contribution in [-0.2, 0) is 23.1 Å². The molecule has 0 saturated carbocycles. The van der Waals surface area contributed by atoms with E-state index in [1.165, 1.54) is 7.11 Å². The van der Waals surface area contributed by atoms with E-state index in [4.69, 9.17) is 4.74 Å². The van der Waals surface area contributed by atoms with Crippen LogP contribution < -0.4 is 10.1 Å². The number of hydrogen-bond donors (Lipinski definition) is 2. The third-order valence-electron chi connectivity index (χ3n) is 4.30. The van der Waals surface area contributed by atoms with Crippen molar-refractivity contribution in [3.8, 4) is 5.88 Å². The van der Waals surface area contributed by atoms with E-state index >= 15 is 0 Å². The fraction of sp³-hybridized carbons (Fsp3) is 0.368. The van der Waals surface area contributed by atoms with Crippen molar-refractivity contribution < 1.29 is 27.8 Å². The van der Waals surface area contributed by atoms with Gasteiger partial charge in [0, 0.05) is 18.3 Å². The highest BCUT2D eigenvalue weighted by atomic mass is 19.4. The van der Waals surface area contributed by atoms with Gasteiger partial charge < -0.3 is 15.2 Å². The number of ether oxygens (including phenoxy) is 1. The number of aliphatic hydroxyl groups is 1. The molecule has 0 radical (unpaired) electrons. The number of hydrogen-bond acceptors (Lipinski definition) is 4. The average Bonchev–Trinajstić information content (AvgIpc) is 2.64. The summed E-state index contributed by atoms with van der Waals surface area (Å²) in [7, 11) is 1.27. The van der Waals surface area contributed by atoms with Gasteiger partial charge in [-0.05, 0) is 25.0 Å². The highest BCUT2D eigenvalue weighted by Gasteiger charge is 2.36. The monoisotopic (exact) mass is 382 g/mol. The van der Waals surface area contributed by atoms with Crippen LogP contribution in [0, 0.1) is 6.92 Å². The Kier molecular flexibility index (Phi) is 6.10. The van der Waals surface area contributed by atoms with Crippen LogP contribution in [0.1, 0.15) is 35.6 Å². The topological polar surface area (TPSA) is 71.5 Å². The van der Waals surface area contributed by atoms with Crippen LogP contribution in [0.2, 0.25) is 0 Å². The zero-order chi connectivity index (χ0) is 20.2. The number of nitrogens with one attached hydrogen (secondary N) is 1. The standard InChI is InChI=1S/C19H21F3N2O3/c1-4-18(26,14-7-5-12(2)6-8-14)17(25)24-10-13-9-15(19(20,21)22)11-23-16(13)27-3/h5-9,11,26H,4,10H2,1-3H3,(H,24,25)/t18-/m1/s1. The van der Waals surface area contributed by atoms with Gasteiger partial charge in [0.2, 0.25) is 5.88 Å². The molecule has 1 aromatic carbocycles. The van der Waals surface area contributed by atoms with E-state index in [0.717, 1.165) is 11.6 Å². The molecule has 1 amide bonds. The van der Waals surface area contributed by atoms with E-state index < -0.39 is 23.2 Å². The number of benzene rings is 1. The number of pyridine rings is 1. The maximum absolute atomic E-state index is 12.9. The number of aryl methyl sites for hydroxylation is 1. The van der Waals surface area contributed by atoms with Gasteiger partial charge in [-0.2, -0.15) is 13.2 Å². The van der Waals surface area contributed by atoms with Gasteiger partial charge in [0.15, 0.2) is 5.60 Å². The lowest BCUT2D eigenvalue weighted by Gasteiger charge is -2.26. The van der Waals surface area contributed by atoms with Crippen molar-refractivity contribution >= 4 is 5.91 Å². The van der Waals surface area contributed by atoms with Crippen LogP contribution in [0.15, 0.2) is 36.5 Å². The van der Waals surface area contributed by atoms with Crippen molar-refractivity contribution in [3.05, 3.63) is 58.8 Å². The minimum Gasteiger partial charge on any atom is -0.481 e. The Labute approximate surface area is 155 Å². The van der Waals surface area contributed by atoms with Crippen molar-refractivity contribution in [1.82, 2.24) is 10.3 Å². The van der Waals surface area contributed by atoms with Crippen molar-refractivity contribution in [3.63, 3.8) is 0 Å². The van der Waals surface area contributed by atoms with E-state index in [9.17, 15) is 23.1 Å². The summed E-state index contributed by atoms with van der Waals surface area (Å²) in [5, 5.41) is 13.3. The normalized spacial score (nSPS) is 13.7. The van der Waals surface area contributed by atoms with Crippen molar-refractivity contribution in [2.24, 2.45) is 0 Å². The molecule has 0 saturated heterocycles. The predicted molar refractivity (Wildman–Crippen MR) is 93.0 cm³/mol. The molecule has 0 unspecified atom stereocenters. The molecule has 2 aromatic rings. The summed E-state index contributed by atoms with van der Waals surface area (Å²) in [5.41, 5.74) is -1.31. The number of methoxy groups -OCH3 is 1. The van der Waals surface area contributed by atoms with Crippen LogP contribution in [0.25, 0.3) is 0 Å². The molecule has 0 bridgehead atoms. The van der Waals surface area contributed by atoms with Gasteiger partial charge >= 0.3 is 6.18 Å². The summed E-state index contributed by atoms with van der Waals surface area (Å²) in [5.74, 6) is -0.744. The van der Waals surface area contributed by atoms with Crippen molar-refractivity contribution in [2.75, 3.05) is 7.11 Å². The molecule has 146 valence electrons. The first-order valence-corrected chi connectivity index (χ1v) is 8.29. The number of rotatable bonds is 6. The molecule has 2 rings (SSSR count). The van der Waals surface area contributed by atoms with Crippen LogP contribution in [0.4, 0.5) is 13.2 Å². The lowest BCUT2D eigenvalue weighted by molar-refractivity contribution is -0.141. The molecule has 0 aliphatic rings. The quantitative estimate of drug-likeness (QED) is 0.804. The molecule has 8 heteroatoms. The molecule has 0 aliphatic heterocycles. The minimum absolute atomic E-state index is 0.0290. The Morgan fingerprint density at radius 2 is 1.85 bits per heavy atom. The molecule has 2 N–H and O–H groups in total. The highest BCUT2D eigenvalue weighted by molar-refractivity contribution is 5.86. The summed E-state index contributed by atoms with van der Waals surface area (Å²) in [6.07, 6.45) is -3.80. The first kappa shape index (κ1) is 20.7. The van der Waals surface area contributed by atoms with Gasteiger partial charge in [0.1, 0.15) is 0 Å². The second kappa shape index (κ2) is 7.96. The second-order valence-electron chi connectivity index (χ2n) is 6.15. The molecular weight excluding hydrogens is 361 g/mol. The lowest BCUT2D eigenvalue weighted by Crippen LogP contribution is -2.43. The third kappa shape index (κ3) is 4.57.